The number of carbonyl (C=O) groups excluding carboxylic acids is 2. The second-order valence-electron chi connectivity index (χ2n) is 4.49. The number of aryl methyl sites for hydroxylation is 1. The van der Waals surface area contributed by atoms with Crippen molar-refractivity contribution in [3.05, 3.63) is 30.1 Å². The zero-order chi connectivity index (χ0) is 14.1. The number of aliphatic imine (C=N–C) groups is 1. The van der Waals surface area contributed by atoms with Crippen LogP contribution in [0.15, 0.2) is 29.3 Å². The number of imidazole rings is 1. The van der Waals surface area contributed by atoms with Crippen molar-refractivity contribution >= 4 is 28.7 Å². The van der Waals surface area contributed by atoms with E-state index >= 15 is 0 Å². The molecule has 1 aliphatic rings. The van der Waals surface area contributed by atoms with E-state index in [-0.39, 0.29) is 24.8 Å². The fourth-order valence-corrected chi connectivity index (χ4v) is 2.17. The molecule has 0 saturated carbocycles. The lowest BCUT2D eigenvalue weighted by Crippen LogP contribution is -2.29. The molecular formula is C13H13N5O2. The molecule has 2 aromatic rings. The minimum absolute atomic E-state index is 0.0293. The molecule has 3 rings (SSSR count). The first kappa shape index (κ1) is 12.3. The van der Waals surface area contributed by atoms with Crippen molar-refractivity contribution in [3.63, 3.8) is 0 Å². The highest BCUT2D eigenvalue weighted by Gasteiger charge is 2.17. The smallest absolute Gasteiger partial charge is 0.254 e. The van der Waals surface area contributed by atoms with Gasteiger partial charge in [-0.15, -0.1) is 0 Å². The number of rotatable bonds is 2. The maximum atomic E-state index is 12.3. The van der Waals surface area contributed by atoms with E-state index in [0.29, 0.717) is 11.7 Å². The van der Waals surface area contributed by atoms with E-state index in [2.05, 4.69) is 20.8 Å². The van der Waals surface area contributed by atoms with Gasteiger partial charge in [0.15, 0.2) is 0 Å². The average molecular weight is 271 g/mol. The predicted octanol–water partition coefficient (Wildman–Crippen LogP) is 0.408. The first-order valence-corrected chi connectivity index (χ1v) is 6.20. The van der Waals surface area contributed by atoms with Crippen LogP contribution in [0.1, 0.15) is 17.0 Å². The summed E-state index contributed by atoms with van der Waals surface area (Å²) in [6, 6.07) is 7.45. The van der Waals surface area contributed by atoms with Crippen molar-refractivity contribution in [1.82, 2.24) is 20.4 Å². The summed E-state index contributed by atoms with van der Waals surface area (Å²) in [4.78, 5) is 31.7. The first-order chi connectivity index (χ1) is 9.65. The minimum atomic E-state index is -0.176. The molecule has 7 heteroatoms. The highest BCUT2D eigenvalue weighted by Crippen LogP contribution is 2.15. The summed E-state index contributed by atoms with van der Waals surface area (Å²) >= 11 is 0. The van der Waals surface area contributed by atoms with Crippen molar-refractivity contribution < 1.29 is 9.59 Å². The molecule has 1 aromatic carbocycles. The van der Waals surface area contributed by atoms with Gasteiger partial charge in [-0.1, -0.05) is 12.1 Å². The fourth-order valence-electron chi connectivity index (χ4n) is 2.17. The fraction of sp³-hybridized carbons (Fsp3) is 0.231. The van der Waals surface area contributed by atoms with Crippen LogP contribution in [0.2, 0.25) is 0 Å². The van der Waals surface area contributed by atoms with Crippen molar-refractivity contribution in [2.75, 3.05) is 6.54 Å². The molecule has 2 heterocycles. The summed E-state index contributed by atoms with van der Waals surface area (Å²) in [5.41, 5.74) is 6.60. The van der Waals surface area contributed by atoms with Gasteiger partial charge in [-0.25, -0.2) is 4.98 Å². The lowest BCUT2D eigenvalue weighted by atomic mass is 10.3. The van der Waals surface area contributed by atoms with Crippen molar-refractivity contribution in [2.24, 2.45) is 4.99 Å². The number of fused-ring (bicyclic) bond motifs is 1. The Labute approximate surface area is 114 Å². The van der Waals surface area contributed by atoms with E-state index in [4.69, 9.17) is 0 Å². The maximum Gasteiger partial charge on any atom is 0.254 e. The molecule has 1 aliphatic heterocycles. The Bertz CT molecular complexity index is 731. The Morgan fingerprint density at radius 3 is 2.95 bits per heavy atom. The molecule has 0 aliphatic carbocycles. The third kappa shape index (κ3) is 2.13. The summed E-state index contributed by atoms with van der Waals surface area (Å²) in [7, 11) is 0. The number of amidine groups is 1. The number of nitrogens with zero attached hydrogens (tertiary/aromatic N) is 3. The van der Waals surface area contributed by atoms with Crippen LogP contribution in [0.25, 0.3) is 11.0 Å². The monoisotopic (exact) mass is 271 g/mol. The van der Waals surface area contributed by atoms with Crippen LogP contribution in [0, 0.1) is 6.92 Å². The number of hydrazine groups is 1. The quantitative estimate of drug-likeness (QED) is 0.828. The van der Waals surface area contributed by atoms with Crippen molar-refractivity contribution in [1.29, 1.82) is 0 Å². The minimum Gasteiger partial charge on any atom is -0.285 e. The first-order valence-electron chi connectivity index (χ1n) is 6.20. The van der Waals surface area contributed by atoms with Gasteiger partial charge in [0.25, 0.3) is 5.91 Å². The molecule has 1 saturated heterocycles. The molecule has 0 unspecified atom stereocenters. The molecular weight excluding hydrogens is 258 g/mol. The van der Waals surface area contributed by atoms with Crippen LogP contribution >= 0.6 is 0 Å². The number of carbonyl (C=O) groups is 2. The molecule has 20 heavy (non-hydrogen) atoms. The molecule has 102 valence electrons. The number of hydrogen-bond acceptors (Lipinski definition) is 4. The van der Waals surface area contributed by atoms with Crippen LogP contribution in [-0.4, -0.2) is 33.7 Å². The number of hydrogen-bond donors (Lipinski definition) is 2. The van der Waals surface area contributed by atoms with Crippen molar-refractivity contribution in [3.8, 4) is 0 Å². The Morgan fingerprint density at radius 1 is 1.40 bits per heavy atom. The Balaban J connectivity index is 1.86. The molecule has 1 fully saturated rings. The van der Waals surface area contributed by atoms with Gasteiger partial charge in [-0.2, -0.15) is 0 Å². The number of nitrogens with one attached hydrogen (secondary N) is 2. The van der Waals surface area contributed by atoms with Gasteiger partial charge in [-0.05, 0) is 19.1 Å². The number of para-hydroxylation sites is 2. The van der Waals surface area contributed by atoms with Crippen LogP contribution < -0.4 is 10.9 Å². The molecule has 0 bridgehead atoms. The summed E-state index contributed by atoms with van der Waals surface area (Å²) in [6.45, 7) is 1.75. The van der Waals surface area contributed by atoms with E-state index in [9.17, 15) is 9.59 Å². The highest BCUT2D eigenvalue weighted by molar-refractivity contribution is 6.05. The molecule has 1 aromatic heterocycles. The van der Waals surface area contributed by atoms with Gasteiger partial charge in [0.2, 0.25) is 5.91 Å². The normalized spacial score (nSPS) is 16.4. The number of amides is 1. The van der Waals surface area contributed by atoms with E-state index in [1.807, 2.05) is 24.3 Å². The molecule has 0 radical (unpaired) electrons. The molecule has 7 nitrogen and oxygen atoms in total. The summed E-state index contributed by atoms with van der Waals surface area (Å²) in [5.74, 6) is 0.778. The van der Waals surface area contributed by atoms with Gasteiger partial charge < -0.3 is 0 Å². The van der Waals surface area contributed by atoms with Crippen LogP contribution in [0.5, 0.6) is 0 Å². The average Bonchev–Trinajstić information content (AvgIpc) is 2.98. The summed E-state index contributed by atoms with van der Waals surface area (Å²) in [6.07, 6.45) is 0.178. The van der Waals surface area contributed by atoms with Gasteiger partial charge in [-0.3, -0.25) is 30.0 Å². The van der Waals surface area contributed by atoms with Gasteiger partial charge >= 0.3 is 0 Å². The zero-order valence-corrected chi connectivity index (χ0v) is 10.9. The topological polar surface area (TPSA) is 88.4 Å². The Hall–Kier alpha value is -2.70. The second kappa shape index (κ2) is 4.76. The lowest BCUT2D eigenvalue weighted by molar-refractivity contribution is -0.119. The van der Waals surface area contributed by atoms with E-state index < -0.39 is 0 Å². The molecule has 0 atom stereocenters. The maximum absolute atomic E-state index is 12.3. The molecule has 2 N–H and O–H groups in total. The number of benzene rings is 1. The van der Waals surface area contributed by atoms with Crippen LogP contribution in [-0.2, 0) is 4.79 Å². The predicted molar refractivity (Wildman–Crippen MR) is 73.3 cm³/mol. The third-order valence-electron chi connectivity index (χ3n) is 3.06. The molecule has 0 spiro atoms. The SMILES string of the molecule is Cc1nc2ccccc2n1C(=O)CN=C1CC(=O)NN1. The van der Waals surface area contributed by atoms with Crippen LogP contribution in [0.3, 0.4) is 0 Å². The lowest BCUT2D eigenvalue weighted by Gasteiger charge is -2.03. The van der Waals surface area contributed by atoms with E-state index in [1.54, 1.807) is 11.5 Å². The van der Waals surface area contributed by atoms with Gasteiger partial charge in [0.1, 0.15) is 18.2 Å². The van der Waals surface area contributed by atoms with Crippen LogP contribution in [0.4, 0.5) is 0 Å². The summed E-state index contributed by atoms with van der Waals surface area (Å²) < 4.78 is 1.55. The number of aromatic nitrogens is 2. The largest absolute Gasteiger partial charge is 0.285 e. The van der Waals surface area contributed by atoms with Gasteiger partial charge in [0, 0.05) is 0 Å². The highest BCUT2D eigenvalue weighted by atomic mass is 16.2. The standard InChI is InChI=1S/C13H13N5O2/c1-8-15-9-4-2-3-5-10(9)18(8)13(20)7-14-11-6-12(19)17-16-11/h2-5H,6-7H2,1H3,(H,14,16)(H,17,19). The second-order valence-corrected chi connectivity index (χ2v) is 4.49. The molecule has 1 amide bonds. The van der Waals surface area contributed by atoms with E-state index in [0.717, 1.165) is 11.0 Å². The zero-order valence-electron chi connectivity index (χ0n) is 10.9. The van der Waals surface area contributed by atoms with E-state index in [1.165, 1.54) is 0 Å². The van der Waals surface area contributed by atoms with Crippen molar-refractivity contribution in [2.45, 2.75) is 13.3 Å². The summed E-state index contributed by atoms with van der Waals surface area (Å²) in [5, 5.41) is 0. The van der Waals surface area contributed by atoms with Gasteiger partial charge in [0.05, 0.1) is 17.5 Å². The Kier molecular flexibility index (Phi) is 2.94. The third-order valence-corrected chi connectivity index (χ3v) is 3.06. The Morgan fingerprint density at radius 2 is 2.20 bits per heavy atom.